The van der Waals surface area contributed by atoms with Crippen LogP contribution in [0.4, 0.5) is 0 Å². The Kier molecular flexibility index (Phi) is 3.81. The smallest absolute Gasteiger partial charge is 0.272 e. The van der Waals surface area contributed by atoms with Gasteiger partial charge in [0.2, 0.25) is 0 Å². The molecule has 1 aliphatic carbocycles. The fourth-order valence-electron chi connectivity index (χ4n) is 5.07. The van der Waals surface area contributed by atoms with Crippen molar-refractivity contribution in [2.75, 3.05) is 19.8 Å². The van der Waals surface area contributed by atoms with Crippen LogP contribution in [0.25, 0.3) is 5.69 Å². The van der Waals surface area contributed by atoms with Crippen molar-refractivity contribution >= 4 is 5.91 Å². The summed E-state index contributed by atoms with van der Waals surface area (Å²) < 4.78 is 7.31. The zero-order chi connectivity index (χ0) is 17.6. The number of hydrogen-bond acceptors (Lipinski definition) is 4. The Morgan fingerprint density at radius 2 is 2.08 bits per heavy atom. The van der Waals surface area contributed by atoms with E-state index in [4.69, 9.17) is 4.74 Å². The highest BCUT2D eigenvalue weighted by Gasteiger charge is 2.59. The maximum atomic E-state index is 13.2. The van der Waals surface area contributed by atoms with E-state index in [1.54, 1.807) is 17.1 Å². The van der Waals surface area contributed by atoms with E-state index < -0.39 is 0 Å². The van der Waals surface area contributed by atoms with Gasteiger partial charge in [-0.15, -0.1) is 0 Å². The Balaban J connectivity index is 1.40. The van der Waals surface area contributed by atoms with Crippen LogP contribution in [-0.2, 0) is 4.74 Å². The highest BCUT2D eigenvalue weighted by molar-refractivity contribution is 5.93. The predicted molar refractivity (Wildman–Crippen MR) is 96.0 cm³/mol. The molecule has 1 atom stereocenters. The van der Waals surface area contributed by atoms with E-state index in [0.29, 0.717) is 23.1 Å². The zero-order valence-corrected chi connectivity index (χ0v) is 14.9. The van der Waals surface area contributed by atoms with Gasteiger partial charge < -0.3 is 9.64 Å². The lowest BCUT2D eigenvalue weighted by molar-refractivity contribution is -0.140. The molecule has 136 valence electrons. The second kappa shape index (κ2) is 6.20. The molecular formula is C20H24N4O2. The molecule has 6 nitrogen and oxygen atoms in total. The number of carbonyl (C=O) groups is 1. The Morgan fingerprint density at radius 1 is 1.23 bits per heavy atom. The Labute approximate surface area is 153 Å². The lowest BCUT2D eigenvalue weighted by atomic mass is 9.54. The van der Waals surface area contributed by atoms with E-state index in [-0.39, 0.29) is 5.91 Å². The Hall–Kier alpha value is -2.21. The van der Waals surface area contributed by atoms with Crippen LogP contribution >= 0.6 is 0 Å². The molecule has 2 aromatic rings. The van der Waals surface area contributed by atoms with Crippen molar-refractivity contribution in [3.63, 3.8) is 0 Å². The molecule has 3 fully saturated rings. The first-order valence-electron chi connectivity index (χ1n) is 9.62. The summed E-state index contributed by atoms with van der Waals surface area (Å²) in [4.78, 5) is 19.7. The van der Waals surface area contributed by atoms with E-state index >= 15 is 0 Å². The molecule has 5 rings (SSSR count). The molecule has 0 bridgehead atoms. The summed E-state index contributed by atoms with van der Waals surface area (Å²) in [7, 11) is 0. The van der Waals surface area contributed by atoms with Crippen molar-refractivity contribution in [1.29, 1.82) is 0 Å². The average Bonchev–Trinajstić information content (AvgIpc) is 3.15. The van der Waals surface area contributed by atoms with E-state index in [1.165, 1.54) is 19.3 Å². The van der Waals surface area contributed by atoms with Gasteiger partial charge in [0.1, 0.15) is 5.69 Å². The minimum absolute atomic E-state index is 0.0630. The SMILES string of the molecule is O=C(c1cc(-n2cccn2)ccn1)N1CC2(CCC2)C1C1CCOCC1. The number of rotatable bonds is 3. The van der Waals surface area contributed by atoms with Gasteiger partial charge in [-0.3, -0.25) is 9.78 Å². The second-order valence-corrected chi connectivity index (χ2v) is 7.89. The standard InChI is InChI=1S/C20H24N4O2/c25-19(17-13-16(3-9-21-17)24-10-2-8-22-24)23-14-20(6-1-7-20)18(23)15-4-11-26-12-5-15/h2-3,8-10,13,15,18H,1,4-7,11-12,14H2. The summed E-state index contributed by atoms with van der Waals surface area (Å²) in [5.74, 6) is 0.629. The molecule has 6 heteroatoms. The summed E-state index contributed by atoms with van der Waals surface area (Å²) in [5.41, 5.74) is 1.76. The number of carbonyl (C=O) groups excluding carboxylic acids is 1. The number of amides is 1. The second-order valence-electron chi connectivity index (χ2n) is 7.89. The van der Waals surface area contributed by atoms with Crippen LogP contribution in [0.1, 0.15) is 42.6 Å². The van der Waals surface area contributed by atoms with Crippen molar-refractivity contribution < 1.29 is 9.53 Å². The molecule has 1 unspecified atom stereocenters. The summed E-state index contributed by atoms with van der Waals surface area (Å²) in [6.07, 6.45) is 11.3. The van der Waals surface area contributed by atoms with Crippen LogP contribution in [0.3, 0.4) is 0 Å². The number of aromatic nitrogens is 3. The number of likely N-dealkylation sites (tertiary alicyclic amines) is 1. The number of ether oxygens (including phenoxy) is 1. The van der Waals surface area contributed by atoms with E-state index in [2.05, 4.69) is 15.0 Å². The quantitative estimate of drug-likeness (QED) is 0.852. The maximum absolute atomic E-state index is 13.2. The number of pyridine rings is 1. The van der Waals surface area contributed by atoms with Gasteiger partial charge in [0.25, 0.3) is 5.91 Å². The zero-order valence-electron chi connectivity index (χ0n) is 14.9. The van der Waals surface area contributed by atoms with Gasteiger partial charge in [-0.1, -0.05) is 6.42 Å². The van der Waals surface area contributed by atoms with Crippen LogP contribution in [-0.4, -0.2) is 51.4 Å². The number of hydrogen-bond donors (Lipinski definition) is 0. The van der Waals surface area contributed by atoms with Gasteiger partial charge in [0.15, 0.2) is 0 Å². The molecule has 1 spiro atoms. The molecule has 2 saturated heterocycles. The molecule has 26 heavy (non-hydrogen) atoms. The normalized spacial score (nSPS) is 24.9. The van der Waals surface area contributed by atoms with Gasteiger partial charge >= 0.3 is 0 Å². The third kappa shape index (κ3) is 2.47. The van der Waals surface area contributed by atoms with Crippen molar-refractivity contribution in [2.24, 2.45) is 11.3 Å². The van der Waals surface area contributed by atoms with Gasteiger partial charge in [0.05, 0.1) is 5.69 Å². The number of nitrogens with zero attached hydrogens (tertiary/aromatic N) is 4. The van der Waals surface area contributed by atoms with Gasteiger partial charge in [-0.25, -0.2) is 4.68 Å². The van der Waals surface area contributed by atoms with E-state index in [0.717, 1.165) is 38.3 Å². The maximum Gasteiger partial charge on any atom is 0.272 e. The van der Waals surface area contributed by atoms with Crippen LogP contribution < -0.4 is 0 Å². The molecule has 0 aromatic carbocycles. The fourth-order valence-corrected chi connectivity index (χ4v) is 5.07. The van der Waals surface area contributed by atoms with E-state index in [1.807, 2.05) is 24.4 Å². The predicted octanol–water partition coefficient (Wildman–Crippen LogP) is 2.69. The van der Waals surface area contributed by atoms with Gasteiger partial charge in [-0.05, 0) is 49.8 Å². The van der Waals surface area contributed by atoms with Gasteiger partial charge in [-0.2, -0.15) is 5.10 Å². The minimum atomic E-state index is 0.0630. The Bertz CT molecular complexity index is 794. The molecule has 1 saturated carbocycles. The summed E-state index contributed by atoms with van der Waals surface area (Å²) in [6, 6.07) is 5.97. The molecule has 3 aliphatic rings. The monoisotopic (exact) mass is 352 g/mol. The first-order valence-corrected chi connectivity index (χ1v) is 9.62. The molecule has 4 heterocycles. The summed E-state index contributed by atoms with van der Waals surface area (Å²) in [6.45, 7) is 2.54. The van der Waals surface area contributed by atoms with Crippen LogP contribution in [0, 0.1) is 11.3 Å². The summed E-state index contributed by atoms with van der Waals surface area (Å²) >= 11 is 0. The van der Waals surface area contributed by atoms with Crippen molar-refractivity contribution in [2.45, 2.75) is 38.1 Å². The first kappa shape index (κ1) is 16.0. The third-order valence-electron chi connectivity index (χ3n) is 6.50. The lowest BCUT2D eigenvalue weighted by Crippen LogP contribution is -2.71. The molecule has 2 aliphatic heterocycles. The minimum Gasteiger partial charge on any atom is -0.381 e. The summed E-state index contributed by atoms with van der Waals surface area (Å²) in [5, 5.41) is 4.25. The van der Waals surface area contributed by atoms with Crippen LogP contribution in [0.2, 0.25) is 0 Å². The van der Waals surface area contributed by atoms with Crippen LogP contribution in [0.5, 0.6) is 0 Å². The first-order chi connectivity index (χ1) is 12.8. The average molecular weight is 352 g/mol. The van der Waals surface area contributed by atoms with Gasteiger partial charge in [0, 0.05) is 49.8 Å². The van der Waals surface area contributed by atoms with E-state index in [9.17, 15) is 4.79 Å². The molecular weight excluding hydrogens is 328 g/mol. The highest BCUT2D eigenvalue weighted by Crippen LogP contribution is 2.56. The Morgan fingerprint density at radius 3 is 2.77 bits per heavy atom. The molecule has 0 radical (unpaired) electrons. The molecule has 0 N–H and O–H groups in total. The topological polar surface area (TPSA) is 60.2 Å². The van der Waals surface area contributed by atoms with Crippen molar-refractivity contribution in [1.82, 2.24) is 19.7 Å². The lowest BCUT2D eigenvalue weighted by Gasteiger charge is -2.65. The largest absolute Gasteiger partial charge is 0.381 e. The fraction of sp³-hybridized carbons (Fsp3) is 0.550. The van der Waals surface area contributed by atoms with Crippen LogP contribution in [0.15, 0.2) is 36.8 Å². The van der Waals surface area contributed by atoms with Crippen molar-refractivity contribution in [3.05, 3.63) is 42.5 Å². The van der Waals surface area contributed by atoms with Crippen molar-refractivity contribution in [3.8, 4) is 5.69 Å². The molecule has 1 amide bonds. The highest BCUT2D eigenvalue weighted by atomic mass is 16.5. The molecule has 2 aromatic heterocycles. The third-order valence-corrected chi connectivity index (χ3v) is 6.50.